The lowest BCUT2D eigenvalue weighted by Gasteiger charge is -2.24. The number of aromatic nitrogens is 6. The van der Waals surface area contributed by atoms with Crippen LogP contribution in [-0.4, -0.2) is 48.5 Å². The molecule has 0 radical (unpaired) electrons. The van der Waals surface area contributed by atoms with Crippen molar-refractivity contribution in [2.24, 2.45) is 5.92 Å². The molecule has 4 aromatic rings. The summed E-state index contributed by atoms with van der Waals surface area (Å²) >= 11 is 0. The molecule has 1 aliphatic carbocycles. The molecule has 10 heteroatoms. The summed E-state index contributed by atoms with van der Waals surface area (Å²) in [6, 6.07) is 4.19. The fourth-order valence-electron chi connectivity index (χ4n) is 4.63. The van der Waals surface area contributed by atoms with Crippen molar-refractivity contribution in [3.8, 4) is 0 Å². The second-order valence-electron chi connectivity index (χ2n) is 11.1. The van der Waals surface area contributed by atoms with E-state index < -0.39 is 7.12 Å². The molecule has 190 valence electrons. The quantitative estimate of drug-likeness (QED) is 0.334. The van der Waals surface area contributed by atoms with Crippen LogP contribution in [0.4, 0.5) is 0 Å². The van der Waals surface area contributed by atoms with Crippen LogP contribution < -0.4 is 11.2 Å². The molecule has 4 heterocycles. The van der Waals surface area contributed by atoms with Crippen LogP contribution >= 0.6 is 0 Å². The number of hydrogen-bond donors (Lipinski definition) is 0. The summed E-state index contributed by atoms with van der Waals surface area (Å²) in [6.07, 6.45) is 8.39. The molecule has 0 atom stereocenters. The van der Waals surface area contributed by atoms with Gasteiger partial charge in [-0.25, -0.2) is 14.8 Å². The maximum Gasteiger partial charge on any atom is 0.495 e. The van der Waals surface area contributed by atoms with Crippen molar-refractivity contribution >= 4 is 34.8 Å². The van der Waals surface area contributed by atoms with Gasteiger partial charge in [-0.15, -0.1) is 0 Å². The normalized spacial score (nSPS) is 14.4. The number of fused-ring (bicyclic) bond motifs is 2. The molecule has 36 heavy (non-hydrogen) atoms. The second kappa shape index (κ2) is 9.48. The van der Waals surface area contributed by atoms with Gasteiger partial charge in [-0.3, -0.25) is 14.1 Å². The van der Waals surface area contributed by atoms with Crippen molar-refractivity contribution < 1.29 is 9.31 Å². The van der Waals surface area contributed by atoms with Crippen molar-refractivity contribution in [2.75, 3.05) is 7.11 Å². The van der Waals surface area contributed by atoms with E-state index in [9.17, 15) is 4.79 Å². The van der Waals surface area contributed by atoms with E-state index in [1.165, 1.54) is 0 Å². The van der Waals surface area contributed by atoms with Gasteiger partial charge >= 0.3 is 12.8 Å². The summed E-state index contributed by atoms with van der Waals surface area (Å²) in [5.74, 6) is 1.33. The van der Waals surface area contributed by atoms with E-state index in [1.807, 2.05) is 37.5 Å². The highest BCUT2D eigenvalue weighted by molar-refractivity contribution is 6.61. The Bertz CT molecular complexity index is 1440. The summed E-state index contributed by atoms with van der Waals surface area (Å²) in [6.45, 7) is 11.5. The smallest absolute Gasteiger partial charge is 0.410 e. The molecule has 0 bridgehead atoms. The molecule has 9 nitrogen and oxygen atoms in total. The first-order valence-electron chi connectivity index (χ1n) is 12.8. The minimum absolute atomic E-state index is 0.00496. The van der Waals surface area contributed by atoms with Gasteiger partial charge in [-0.1, -0.05) is 13.8 Å². The minimum Gasteiger partial charge on any atom is -0.410 e. The highest BCUT2D eigenvalue weighted by atomic mass is 16.6. The molecule has 1 aliphatic rings. The first kappa shape index (κ1) is 24.7. The Morgan fingerprint density at radius 1 is 1.17 bits per heavy atom. The molecular formula is C26H35BN6O3. The van der Waals surface area contributed by atoms with Gasteiger partial charge < -0.3 is 13.9 Å². The van der Waals surface area contributed by atoms with Crippen LogP contribution in [0.25, 0.3) is 22.2 Å². The highest BCUT2D eigenvalue weighted by Crippen LogP contribution is 2.36. The third-order valence-electron chi connectivity index (χ3n) is 6.54. The van der Waals surface area contributed by atoms with E-state index >= 15 is 0 Å². The summed E-state index contributed by atoms with van der Waals surface area (Å²) in [5.41, 5.74) is 3.78. The molecule has 0 aromatic carbocycles. The molecular weight excluding hydrogens is 455 g/mol. The van der Waals surface area contributed by atoms with E-state index in [2.05, 4.69) is 23.4 Å². The predicted molar refractivity (Wildman–Crippen MR) is 142 cm³/mol. The third kappa shape index (κ3) is 4.84. The maximum absolute atomic E-state index is 13.5. The lowest BCUT2D eigenvalue weighted by atomic mass is 9.79. The Morgan fingerprint density at radius 3 is 2.61 bits per heavy atom. The zero-order valence-electron chi connectivity index (χ0n) is 22.1. The van der Waals surface area contributed by atoms with Gasteiger partial charge in [0.05, 0.1) is 23.8 Å². The van der Waals surface area contributed by atoms with Gasteiger partial charge in [0, 0.05) is 43.2 Å². The number of hydrogen-bond acceptors (Lipinski definition) is 6. The fraction of sp³-hybridized carbons (Fsp3) is 0.538. The number of pyridine rings is 2. The molecule has 0 amide bonds. The monoisotopic (exact) mass is 490 g/mol. The van der Waals surface area contributed by atoms with E-state index in [0.29, 0.717) is 12.5 Å². The van der Waals surface area contributed by atoms with E-state index in [4.69, 9.17) is 19.3 Å². The van der Waals surface area contributed by atoms with Crippen LogP contribution in [0.5, 0.6) is 0 Å². The van der Waals surface area contributed by atoms with Crippen molar-refractivity contribution in [3.63, 3.8) is 0 Å². The fourth-order valence-corrected chi connectivity index (χ4v) is 4.63. The van der Waals surface area contributed by atoms with Gasteiger partial charge in [-0.05, 0) is 58.1 Å². The van der Waals surface area contributed by atoms with Crippen LogP contribution in [0, 0.1) is 5.92 Å². The Balaban J connectivity index is 1.59. The van der Waals surface area contributed by atoms with Gasteiger partial charge in [0.1, 0.15) is 11.3 Å². The number of aryl methyl sites for hydroxylation is 1. The Labute approximate surface area is 211 Å². The first-order chi connectivity index (χ1) is 17.2. The molecule has 0 saturated heterocycles. The summed E-state index contributed by atoms with van der Waals surface area (Å²) in [4.78, 5) is 27.6. The van der Waals surface area contributed by atoms with Crippen molar-refractivity contribution in [1.29, 1.82) is 0 Å². The first-order valence-corrected chi connectivity index (χ1v) is 12.8. The topological polar surface area (TPSA) is 89.0 Å². The second-order valence-corrected chi connectivity index (χ2v) is 11.1. The molecule has 5 rings (SSSR count). The van der Waals surface area contributed by atoms with Crippen LogP contribution in [0.15, 0.2) is 35.5 Å². The van der Waals surface area contributed by atoms with Crippen molar-refractivity contribution in [3.05, 3.63) is 47.0 Å². The largest absolute Gasteiger partial charge is 0.495 e. The van der Waals surface area contributed by atoms with E-state index in [0.717, 1.165) is 59.3 Å². The SMILES string of the molecule is COB(OC(C)(C)C)c1cnc2c(c1)nc(Cn1c(=O)n(C3CC3)c3ccncc31)n2CCC(C)C. The minimum atomic E-state index is -0.545. The van der Waals surface area contributed by atoms with Crippen molar-refractivity contribution in [2.45, 2.75) is 78.6 Å². The maximum atomic E-state index is 13.5. The van der Waals surface area contributed by atoms with Gasteiger partial charge in [0.15, 0.2) is 5.65 Å². The lowest BCUT2D eigenvalue weighted by Crippen LogP contribution is -2.42. The number of nitrogens with zero attached hydrogens (tertiary/aromatic N) is 6. The summed E-state index contributed by atoms with van der Waals surface area (Å²) in [7, 11) is 1.08. The Morgan fingerprint density at radius 2 is 1.94 bits per heavy atom. The molecule has 0 aliphatic heterocycles. The van der Waals surface area contributed by atoms with Crippen LogP contribution in [-0.2, 0) is 22.4 Å². The average Bonchev–Trinajstić information content (AvgIpc) is 3.54. The Kier molecular flexibility index (Phi) is 6.51. The predicted octanol–water partition coefficient (Wildman–Crippen LogP) is 3.53. The number of rotatable bonds is 9. The van der Waals surface area contributed by atoms with E-state index in [1.54, 1.807) is 30.3 Å². The van der Waals surface area contributed by atoms with Crippen LogP contribution in [0.2, 0.25) is 0 Å². The zero-order chi connectivity index (χ0) is 25.6. The number of imidazole rings is 2. The molecule has 0 unspecified atom stereocenters. The summed E-state index contributed by atoms with van der Waals surface area (Å²) < 4.78 is 17.6. The molecule has 1 saturated carbocycles. The molecule has 0 spiro atoms. The standard InChI is InChI=1S/C26H35BN6O3/c1-17(2)10-12-31-23(16-32-22-15-28-11-9-21(22)33(25(32)34)19-7-8-19)30-20-13-18(14-29-24(20)31)27(35-6)36-26(3,4)5/h9,11,13-15,17,19H,7-8,10,12,16H2,1-6H3. The van der Waals surface area contributed by atoms with Crippen molar-refractivity contribution in [1.82, 2.24) is 28.7 Å². The molecule has 0 N–H and O–H groups in total. The molecule has 1 fully saturated rings. The van der Waals surface area contributed by atoms with Crippen LogP contribution in [0.3, 0.4) is 0 Å². The van der Waals surface area contributed by atoms with Gasteiger partial charge in [0.25, 0.3) is 0 Å². The van der Waals surface area contributed by atoms with E-state index in [-0.39, 0.29) is 17.3 Å². The average molecular weight is 490 g/mol. The third-order valence-corrected chi connectivity index (χ3v) is 6.54. The Hall–Kier alpha value is -2.98. The van der Waals surface area contributed by atoms with Gasteiger partial charge in [-0.2, -0.15) is 0 Å². The van der Waals surface area contributed by atoms with Crippen LogP contribution in [0.1, 0.15) is 65.7 Å². The highest BCUT2D eigenvalue weighted by Gasteiger charge is 2.30. The lowest BCUT2D eigenvalue weighted by molar-refractivity contribution is 0.0982. The van der Waals surface area contributed by atoms with Gasteiger partial charge in [0.2, 0.25) is 0 Å². The summed E-state index contributed by atoms with van der Waals surface area (Å²) in [5, 5.41) is 0. The molecule has 4 aromatic heterocycles. The zero-order valence-corrected chi connectivity index (χ0v) is 22.1.